The summed E-state index contributed by atoms with van der Waals surface area (Å²) < 4.78 is 0. The first-order valence-corrected chi connectivity index (χ1v) is 6.94. The highest BCUT2D eigenvalue weighted by Crippen LogP contribution is 2.45. The fourth-order valence-electron chi connectivity index (χ4n) is 3.74. The van der Waals surface area contributed by atoms with Crippen molar-refractivity contribution < 1.29 is 0 Å². The van der Waals surface area contributed by atoms with Gasteiger partial charge in [0.2, 0.25) is 0 Å². The van der Waals surface area contributed by atoms with Crippen molar-refractivity contribution in [3.63, 3.8) is 0 Å². The van der Waals surface area contributed by atoms with Crippen LogP contribution in [0.3, 0.4) is 0 Å². The lowest BCUT2D eigenvalue weighted by molar-refractivity contribution is 0.679. The summed E-state index contributed by atoms with van der Waals surface area (Å²) in [7, 11) is 0. The van der Waals surface area contributed by atoms with Crippen LogP contribution < -0.4 is 0 Å². The van der Waals surface area contributed by atoms with E-state index >= 15 is 0 Å². The van der Waals surface area contributed by atoms with Gasteiger partial charge in [-0.15, -0.1) is 0 Å². The number of allylic oxidation sites excluding steroid dienone is 2. The van der Waals surface area contributed by atoms with Crippen LogP contribution in [0.5, 0.6) is 0 Å². The largest absolute Gasteiger partial charge is 0.0625 e. The molecule has 1 atom stereocenters. The predicted octanol–water partition coefficient (Wildman–Crippen LogP) is 4.78. The topological polar surface area (TPSA) is 0 Å². The molecule has 1 aromatic carbocycles. The molecule has 0 fully saturated rings. The zero-order valence-corrected chi connectivity index (χ0v) is 11.5. The summed E-state index contributed by atoms with van der Waals surface area (Å²) in [6.45, 7) is 9.31. The van der Waals surface area contributed by atoms with Crippen molar-refractivity contribution in [3.8, 4) is 0 Å². The third-order valence-electron chi connectivity index (χ3n) is 5.04. The summed E-state index contributed by atoms with van der Waals surface area (Å²) >= 11 is 0. The minimum atomic E-state index is 0.635. The highest BCUT2D eigenvalue weighted by Gasteiger charge is 2.27. The Balaban J connectivity index is 2.27. The van der Waals surface area contributed by atoms with E-state index in [4.69, 9.17) is 0 Å². The first kappa shape index (κ1) is 11.1. The van der Waals surface area contributed by atoms with Crippen molar-refractivity contribution in [1.29, 1.82) is 0 Å². The maximum absolute atomic E-state index is 2.52. The normalized spacial score (nSPS) is 22.7. The van der Waals surface area contributed by atoms with Crippen LogP contribution in [0.4, 0.5) is 0 Å². The standard InChI is InChI=1S/C17H22/c1-10-11(2)16-9-14-7-5-6-8-15(14)13(4)17(16)12(10)3/h9,11H,5-8H2,1-4H3. The van der Waals surface area contributed by atoms with Crippen molar-refractivity contribution in [2.45, 2.75) is 59.3 Å². The second-order valence-electron chi connectivity index (χ2n) is 5.84. The molecule has 0 aromatic heterocycles. The van der Waals surface area contributed by atoms with Gasteiger partial charge in [0.1, 0.15) is 0 Å². The SMILES string of the molecule is CC1=C(C)C(C)c2cc3c(c(C)c21)CCCC3. The van der Waals surface area contributed by atoms with Crippen molar-refractivity contribution in [3.05, 3.63) is 39.5 Å². The number of benzene rings is 1. The van der Waals surface area contributed by atoms with Crippen LogP contribution >= 0.6 is 0 Å². The highest BCUT2D eigenvalue weighted by atomic mass is 14.3. The number of fused-ring (bicyclic) bond motifs is 2. The summed E-state index contributed by atoms with van der Waals surface area (Å²) in [4.78, 5) is 0. The molecule has 0 nitrogen and oxygen atoms in total. The third kappa shape index (κ3) is 1.43. The van der Waals surface area contributed by atoms with Crippen LogP contribution in [-0.2, 0) is 12.8 Å². The van der Waals surface area contributed by atoms with Crippen LogP contribution in [0.15, 0.2) is 11.6 Å². The minimum absolute atomic E-state index is 0.635. The maximum Gasteiger partial charge on any atom is 0.00292 e. The highest BCUT2D eigenvalue weighted by molar-refractivity contribution is 5.80. The van der Waals surface area contributed by atoms with Crippen LogP contribution in [0.1, 0.15) is 67.3 Å². The third-order valence-corrected chi connectivity index (χ3v) is 5.04. The first-order chi connectivity index (χ1) is 8.11. The van der Waals surface area contributed by atoms with Gasteiger partial charge in [0, 0.05) is 5.92 Å². The van der Waals surface area contributed by atoms with Gasteiger partial charge in [-0.25, -0.2) is 0 Å². The van der Waals surface area contributed by atoms with Crippen LogP contribution in [0.2, 0.25) is 0 Å². The Morgan fingerprint density at radius 3 is 2.53 bits per heavy atom. The molecule has 0 spiro atoms. The molecular formula is C17H22. The Kier molecular flexibility index (Phi) is 2.43. The lowest BCUT2D eigenvalue weighted by Crippen LogP contribution is -2.08. The van der Waals surface area contributed by atoms with Crippen LogP contribution in [0.25, 0.3) is 5.57 Å². The van der Waals surface area contributed by atoms with E-state index < -0.39 is 0 Å². The molecule has 1 unspecified atom stereocenters. The molecule has 0 heterocycles. The Morgan fingerprint density at radius 2 is 1.76 bits per heavy atom. The zero-order chi connectivity index (χ0) is 12.2. The monoisotopic (exact) mass is 226 g/mol. The van der Waals surface area contributed by atoms with Gasteiger partial charge in [0.05, 0.1) is 0 Å². The molecule has 2 aliphatic carbocycles. The number of hydrogen-bond acceptors (Lipinski definition) is 0. The van der Waals surface area contributed by atoms with Crippen molar-refractivity contribution in [2.24, 2.45) is 0 Å². The molecule has 0 radical (unpaired) electrons. The van der Waals surface area contributed by atoms with Crippen molar-refractivity contribution >= 4 is 5.57 Å². The molecule has 17 heavy (non-hydrogen) atoms. The van der Waals surface area contributed by atoms with Gasteiger partial charge in [0.25, 0.3) is 0 Å². The van der Waals surface area contributed by atoms with E-state index in [2.05, 4.69) is 33.8 Å². The quantitative estimate of drug-likeness (QED) is 0.597. The molecule has 1 aromatic rings. The molecule has 0 saturated heterocycles. The molecule has 0 N–H and O–H groups in total. The van der Waals surface area contributed by atoms with E-state index in [1.807, 2.05) is 0 Å². The van der Waals surface area contributed by atoms with Crippen LogP contribution in [0, 0.1) is 6.92 Å². The Morgan fingerprint density at radius 1 is 1.06 bits per heavy atom. The van der Waals surface area contributed by atoms with Gasteiger partial charge in [-0.2, -0.15) is 0 Å². The molecule has 2 aliphatic rings. The average molecular weight is 226 g/mol. The second kappa shape index (κ2) is 3.73. The molecule has 0 aliphatic heterocycles. The Labute approximate surface area is 105 Å². The molecule has 3 rings (SSSR count). The van der Waals surface area contributed by atoms with E-state index in [1.54, 1.807) is 39.0 Å². The molecule has 0 amide bonds. The van der Waals surface area contributed by atoms with Crippen LogP contribution in [-0.4, -0.2) is 0 Å². The smallest absolute Gasteiger partial charge is 0.00292 e. The van der Waals surface area contributed by atoms with E-state index in [9.17, 15) is 0 Å². The average Bonchev–Trinajstić information content (AvgIpc) is 2.55. The number of hydrogen-bond donors (Lipinski definition) is 0. The summed E-state index contributed by atoms with van der Waals surface area (Å²) in [5, 5.41) is 0. The van der Waals surface area contributed by atoms with Gasteiger partial charge in [0.15, 0.2) is 0 Å². The fourth-order valence-corrected chi connectivity index (χ4v) is 3.74. The lowest BCUT2D eigenvalue weighted by Gasteiger charge is -2.22. The molecular weight excluding hydrogens is 204 g/mol. The van der Waals surface area contributed by atoms with Gasteiger partial charge in [-0.05, 0) is 79.8 Å². The van der Waals surface area contributed by atoms with Gasteiger partial charge < -0.3 is 0 Å². The Bertz CT molecular complexity index is 517. The molecule has 0 heteroatoms. The predicted molar refractivity (Wildman–Crippen MR) is 74.5 cm³/mol. The number of rotatable bonds is 0. The van der Waals surface area contributed by atoms with E-state index in [1.165, 1.54) is 25.7 Å². The summed E-state index contributed by atoms with van der Waals surface area (Å²) in [6.07, 6.45) is 5.36. The fraction of sp³-hybridized carbons (Fsp3) is 0.529. The molecule has 0 bridgehead atoms. The summed E-state index contributed by atoms with van der Waals surface area (Å²) in [5.74, 6) is 0.635. The van der Waals surface area contributed by atoms with Gasteiger partial charge in [-0.3, -0.25) is 0 Å². The summed E-state index contributed by atoms with van der Waals surface area (Å²) in [5.41, 5.74) is 11.2. The molecule has 90 valence electrons. The lowest BCUT2D eigenvalue weighted by atomic mass is 9.83. The van der Waals surface area contributed by atoms with E-state index in [0.717, 1.165) is 0 Å². The second-order valence-corrected chi connectivity index (χ2v) is 5.84. The minimum Gasteiger partial charge on any atom is -0.0625 e. The van der Waals surface area contributed by atoms with E-state index in [-0.39, 0.29) is 0 Å². The first-order valence-electron chi connectivity index (χ1n) is 6.94. The van der Waals surface area contributed by atoms with Gasteiger partial charge in [-0.1, -0.05) is 18.6 Å². The van der Waals surface area contributed by atoms with Gasteiger partial charge >= 0.3 is 0 Å². The van der Waals surface area contributed by atoms with Crippen molar-refractivity contribution in [1.82, 2.24) is 0 Å². The Hall–Kier alpha value is -1.04. The molecule has 0 saturated carbocycles. The zero-order valence-electron chi connectivity index (χ0n) is 11.5. The van der Waals surface area contributed by atoms with E-state index in [0.29, 0.717) is 5.92 Å². The van der Waals surface area contributed by atoms with Crippen molar-refractivity contribution in [2.75, 3.05) is 0 Å². The number of aryl methyl sites for hydroxylation is 1. The maximum atomic E-state index is 2.52. The summed E-state index contributed by atoms with van der Waals surface area (Å²) in [6, 6.07) is 2.52.